The number of carbonyl (C=O) groups excluding carboxylic acids is 1. The molecule has 0 aliphatic heterocycles. The van der Waals surface area contributed by atoms with Crippen molar-refractivity contribution in [3.05, 3.63) is 59.9 Å². The Bertz CT molecular complexity index is 876. The zero-order valence-corrected chi connectivity index (χ0v) is 16.4. The summed E-state index contributed by atoms with van der Waals surface area (Å²) in [7, 11) is -3.87. The Morgan fingerprint density at radius 1 is 1.08 bits per heavy atom. The monoisotopic (exact) mass is 396 g/mol. The van der Waals surface area contributed by atoms with Crippen molar-refractivity contribution in [2.45, 2.75) is 36.0 Å². The van der Waals surface area contributed by atoms with E-state index < -0.39 is 21.7 Å². The van der Waals surface area contributed by atoms with Crippen molar-refractivity contribution in [2.75, 3.05) is 5.75 Å². The highest BCUT2D eigenvalue weighted by Crippen LogP contribution is 2.23. The Hall–Kier alpha value is -1.90. The first kappa shape index (κ1) is 20.4. The second-order valence-electron chi connectivity index (χ2n) is 6.65. The van der Waals surface area contributed by atoms with Crippen LogP contribution in [0.25, 0.3) is 0 Å². The van der Waals surface area contributed by atoms with Crippen LogP contribution in [0.5, 0.6) is 0 Å². The number of sulfonamides is 1. The Labute approximate surface area is 157 Å². The van der Waals surface area contributed by atoms with E-state index in [1.807, 2.05) is 25.6 Å². The van der Waals surface area contributed by atoms with Crippen LogP contribution in [-0.2, 0) is 20.2 Å². The lowest BCUT2D eigenvalue weighted by molar-refractivity contribution is -0.119. The molecule has 0 fully saturated rings. The maximum absolute atomic E-state index is 13.5. The van der Waals surface area contributed by atoms with Gasteiger partial charge in [0, 0.05) is 4.90 Å². The molecular formula is C18H21FN2O3S2. The van der Waals surface area contributed by atoms with Crippen LogP contribution in [0.3, 0.4) is 0 Å². The molecule has 5 nitrogen and oxygen atoms in total. The fraction of sp³-hybridized carbons (Fsp3) is 0.278. The van der Waals surface area contributed by atoms with Gasteiger partial charge in [-0.05, 0) is 35.2 Å². The molecule has 1 amide bonds. The van der Waals surface area contributed by atoms with E-state index in [4.69, 9.17) is 0 Å². The molecule has 0 saturated carbocycles. The van der Waals surface area contributed by atoms with E-state index in [0.717, 1.165) is 17.3 Å². The molecule has 0 heterocycles. The maximum Gasteiger partial charge on any atom is 0.257 e. The molecule has 8 heteroatoms. The summed E-state index contributed by atoms with van der Waals surface area (Å²) in [5.41, 5.74) is 3.05. The molecule has 26 heavy (non-hydrogen) atoms. The van der Waals surface area contributed by atoms with Crippen LogP contribution < -0.4 is 10.3 Å². The Balaban J connectivity index is 1.93. The number of hydrogen-bond donors (Lipinski definition) is 2. The zero-order valence-electron chi connectivity index (χ0n) is 14.7. The third-order valence-electron chi connectivity index (χ3n) is 3.55. The van der Waals surface area contributed by atoms with Gasteiger partial charge in [0.15, 0.2) is 0 Å². The van der Waals surface area contributed by atoms with Gasteiger partial charge < -0.3 is 0 Å². The molecule has 0 aliphatic carbocycles. The summed E-state index contributed by atoms with van der Waals surface area (Å²) in [4.78, 5) is 14.2. The minimum atomic E-state index is -3.87. The SMILES string of the molecule is CC(C)(C)c1ccc(S(=O)(=O)NNC(=O)CSc2ccccc2F)cc1. The quantitative estimate of drug-likeness (QED) is 0.581. The van der Waals surface area contributed by atoms with E-state index in [1.54, 1.807) is 30.3 Å². The molecule has 2 aromatic carbocycles. The molecule has 0 radical (unpaired) electrons. The minimum absolute atomic E-state index is 0.0487. The number of hydrogen-bond acceptors (Lipinski definition) is 4. The van der Waals surface area contributed by atoms with Gasteiger partial charge >= 0.3 is 0 Å². The molecule has 0 spiro atoms. The summed E-state index contributed by atoms with van der Waals surface area (Å²) in [5.74, 6) is -1.12. The van der Waals surface area contributed by atoms with Gasteiger partial charge in [0.05, 0.1) is 10.6 Å². The lowest BCUT2D eigenvalue weighted by Gasteiger charge is -2.19. The third kappa shape index (κ3) is 5.55. The molecule has 2 N–H and O–H groups in total. The predicted octanol–water partition coefficient (Wildman–Crippen LogP) is 3.23. The van der Waals surface area contributed by atoms with Crippen LogP contribution in [0, 0.1) is 5.82 Å². The molecular weight excluding hydrogens is 375 g/mol. The standard InChI is InChI=1S/C18H21FN2O3S2/c1-18(2,3)13-8-10-14(11-9-13)26(23,24)21-20-17(22)12-25-16-7-5-4-6-15(16)19/h4-11,21H,12H2,1-3H3,(H,20,22). The molecule has 0 bridgehead atoms. The highest BCUT2D eigenvalue weighted by atomic mass is 32.2. The normalized spacial score (nSPS) is 12.0. The second kappa shape index (κ2) is 8.20. The highest BCUT2D eigenvalue weighted by molar-refractivity contribution is 8.00. The van der Waals surface area contributed by atoms with Gasteiger partial charge in [-0.25, -0.2) is 12.8 Å². The molecule has 0 saturated heterocycles. The first-order chi connectivity index (χ1) is 12.1. The van der Waals surface area contributed by atoms with E-state index in [1.165, 1.54) is 18.2 Å². The zero-order chi connectivity index (χ0) is 19.4. The summed E-state index contributed by atoms with van der Waals surface area (Å²) < 4.78 is 38.0. The second-order valence-corrected chi connectivity index (χ2v) is 9.35. The maximum atomic E-state index is 13.5. The van der Waals surface area contributed by atoms with Crippen molar-refractivity contribution in [3.8, 4) is 0 Å². The van der Waals surface area contributed by atoms with E-state index >= 15 is 0 Å². The van der Waals surface area contributed by atoms with E-state index in [9.17, 15) is 17.6 Å². The van der Waals surface area contributed by atoms with E-state index in [2.05, 4.69) is 5.43 Å². The number of hydrazine groups is 1. The van der Waals surface area contributed by atoms with Crippen molar-refractivity contribution < 1.29 is 17.6 Å². The fourth-order valence-corrected chi connectivity index (χ4v) is 3.66. The molecule has 0 unspecified atom stereocenters. The van der Waals surface area contributed by atoms with Gasteiger partial charge in [0.2, 0.25) is 5.91 Å². The number of nitrogens with one attached hydrogen (secondary N) is 2. The van der Waals surface area contributed by atoms with Crippen LogP contribution in [0.1, 0.15) is 26.3 Å². The van der Waals surface area contributed by atoms with Crippen molar-refractivity contribution >= 4 is 27.7 Å². The number of rotatable bonds is 6. The van der Waals surface area contributed by atoms with Crippen molar-refractivity contribution in [2.24, 2.45) is 0 Å². The van der Waals surface area contributed by atoms with Crippen molar-refractivity contribution in [3.63, 3.8) is 0 Å². The Morgan fingerprint density at radius 2 is 1.69 bits per heavy atom. The summed E-state index contributed by atoms with van der Waals surface area (Å²) in [6, 6.07) is 12.5. The topological polar surface area (TPSA) is 75.3 Å². The molecule has 140 valence electrons. The minimum Gasteiger partial charge on any atom is -0.277 e. The average molecular weight is 397 g/mol. The van der Waals surface area contributed by atoms with Gasteiger partial charge in [-0.15, -0.1) is 16.6 Å². The summed E-state index contributed by atoms with van der Waals surface area (Å²) in [6.45, 7) is 6.09. The lowest BCUT2D eigenvalue weighted by atomic mass is 9.87. The van der Waals surface area contributed by atoms with E-state index in [-0.39, 0.29) is 16.1 Å². The van der Waals surface area contributed by atoms with Crippen LogP contribution in [0.4, 0.5) is 4.39 Å². The van der Waals surface area contributed by atoms with Crippen LogP contribution in [0.2, 0.25) is 0 Å². The number of benzene rings is 2. The van der Waals surface area contributed by atoms with Gasteiger partial charge in [-0.1, -0.05) is 45.0 Å². The number of amides is 1. The summed E-state index contributed by atoms with van der Waals surface area (Å²) in [6.07, 6.45) is 0. The van der Waals surface area contributed by atoms with Gasteiger partial charge in [-0.3, -0.25) is 10.2 Å². The Morgan fingerprint density at radius 3 is 2.27 bits per heavy atom. The number of thioether (sulfide) groups is 1. The van der Waals surface area contributed by atoms with Crippen molar-refractivity contribution in [1.29, 1.82) is 0 Å². The van der Waals surface area contributed by atoms with Gasteiger partial charge in [-0.2, -0.15) is 0 Å². The van der Waals surface area contributed by atoms with Gasteiger partial charge in [0.1, 0.15) is 5.82 Å². The molecule has 0 aromatic heterocycles. The van der Waals surface area contributed by atoms with Crippen LogP contribution in [-0.4, -0.2) is 20.1 Å². The summed E-state index contributed by atoms with van der Waals surface area (Å²) in [5, 5.41) is 0. The first-order valence-electron chi connectivity index (χ1n) is 7.88. The van der Waals surface area contributed by atoms with Gasteiger partial charge in [0.25, 0.3) is 10.0 Å². The Kier molecular flexibility index (Phi) is 6.44. The number of carbonyl (C=O) groups is 1. The van der Waals surface area contributed by atoms with E-state index in [0.29, 0.717) is 4.90 Å². The third-order valence-corrected chi connectivity index (χ3v) is 5.86. The molecule has 2 aromatic rings. The largest absolute Gasteiger partial charge is 0.277 e. The first-order valence-corrected chi connectivity index (χ1v) is 10.3. The molecule has 2 rings (SSSR count). The van der Waals surface area contributed by atoms with Crippen LogP contribution in [0.15, 0.2) is 58.3 Å². The van der Waals surface area contributed by atoms with Crippen LogP contribution >= 0.6 is 11.8 Å². The fourth-order valence-electron chi connectivity index (χ4n) is 2.06. The summed E-state index contributed by atoms with van der Waals surface area (Å²) >= 11 is 0.984. The average Bonchev–Trinajstić information content (AvgIpc) is 2.59. The lowest BCUT2D eigenvalue weighted by Crippen LogP contribution is -2.42. The van der Waals surface area contributed by atoms with Crippen molar-refractivity contribution in [1.82, 2.24) is 10.3 Å². The predicted molar refractivity (Wildman–Crippen MR) is 101 cm³/mol. The molecule has 0 aliphatic rings. The smallest absolute Gasteiger partial charge is 0.257 e. The highest BCUT2D eigenvalue weighted by Gasteiger charge is 2.18. The number of halogens is 1. The molecule has 0 atom stereocenters.